The van der Waals surface area contributed by atoms with Crippen LogP contribution in [-0.4, -0.2) is 45.7 Å². The molecule has 0 amide bonds. The van der Waals surface area contributed by atoms with Gasteiger partial charge in [0.25, 0.3) is 0 Å². The number of nitrogens with one attached hydrogen (secondary N) is 1. The fraction of sp³-hybridized carbons (Fsp3) is 1.00. The van der Waals surface area contributed by atoms with Gasteiger partial charge in [0.05, 0.1) is 18.2 Å². The second-order valence-electron chi connectivity index (χ2n) is 6.87. The highest BCUT2D eigenvalue weighted by molar-refractivity contribution is 6.17. The van der Waals surface area contributed by atoms with Crippen LogP contribution in [0.25, 0.3) is 0 Å². The Bertz CT molecular complexity index is 253. The van der Waals surface area contributed by atoms with Crippen molar-refractivity contribution in [1.29, 1.82) is 0 Å². The van der Waals surface area contributed by atoms with Crippen molar-refractivity contribution in [3.8, 4) is 0 Å². The highest BCUT2D eigenvalue weighted by Crippen LogP contribution is 2.16. The molecule has 0 saturated carbocycles. The average Bonchev–Trinajstić information content (AvgIpc) is 2.56. The van der Waals surface area contributed by atoms with E-state index in [1.54, 1.807) is 0 Å². The molecule has 0 heterocycles. The molecule has 5 heteroatoms. The Balaban J connectivity index is 4.42. The Kier molecular flexibility index (Phi) is 16.7. The van der Waals surface area contributed by atoms with Gasteiger partial charge in [0.1, 0.15) is 6.23 Å². The summed E-state index contributed by atoms with van der Waals surface area (Å²) in [6.07, 6.45) is 9.12. The maximum Gasteiger partial charge on any atom is 0.105 e. The number of halogens is 1. The van der Waals surface area contributed by atoms with Crippen LogP contribution in [0, 0.1) is 0 Å². The fourth-order valence-electron chi connectivity index (χ4n) is 2.96. The smallest absolute Gasteiger partial charge is 0.105 e. The van der Waals surface area contributed by atoms with E-state index in [4.69, 9.17) is 11.6 Å². The highest BCUT2D eigenvalue weighted by atomic mass is 35.5. The minimum atomic E-state index is -0.688. The zero-order valence-corrected chi connectivity index (χ0v) is 16.5. The monoisotopic (exact) mass is 365 g/mol. The van der Waals surface area contributed by atoms with E-state index in [9.17, 15) is 15.3 Å². The lowest BCUT2D eigenvalue weighted by atomic mass is 9.95. The van der Waals surface area contributed by atoms with E-state index in [1.165, 1.54) is 0 Å². The van der Waals surface area contributed by atoms with Crippen molar-refractivity contribution in [1.82, 2.24) is 5.32 Å². The van der Waals surface area contributed by atoms with Crippen LogP contribution < -0.4 is 5.32 Å². The van der Waals surface area contributed by atoms with Crippen LogP contribution in [0.15, 0.2) is 0 Å². The van der Waals surface area contributed by atoms with Crippen molar-refractivity contribution in [2.24, 2.45) is 0 Å². The van der Waals surface area contributed by atoms with E-state index in [0.717, 1.165) is 57.8 Å². The molecule has 0 fully saturated rings. The third-order valence-electron chi connectivity index (χ3n) is 4.53. The quantitative estimate of drug-likeness (QED) is 0.179. The number of aliphatic hydroxyl groups is 3. The van der Waals surface area contributed by atoms with Crippen LogP contribution in [0.3, 0.4) is 0 Å². The average molecular weight is 366 g/mol. The molecule has 24 heavy (non-hydrogen) atoms. The lowest BCUT2D eigenvalue weighted by Gasteiger charge is -2.31. The van der Waals surface area contributed by atoms with Gasteiger partial charge in [-0.3, -0.25) is 5.32 Å². The molecule has 0 aliphatic carbocycles. The number of alkyl halides is 1. The molecule has 0 spiro atoms. The summed E-state index contributed by atoms with van der Waals surface area (Å²) < 4.78 is 0. The molecule has 3 unspecified atom stereocenters. The molecule has 0 radical (unpaired) electrons. The third-order valence-corrected chi connectivity index (χ3v) is 4.80. The van der Waals surface area contributed by atoms with Crippen LogP contribution in [0.1, 0.15) is 90.9 Å². The van der Waals surface area contributed by atoms with E-state index >= 15 is 0 Å². The maximum atomic E-state index is 10.5. The van der Waals surface area contributed by atoms with Gasteiger partial charge in [-0.05, 0) is 32.1 Å². The zero-order valence-electron chi connectivity index (χ0n) is 15.7. The van der Waals surface area contributed by atoms with Gasteiger partial charge in [-0.15, -0.1) is 11.6 Å². The Hall–Kier alpha value is 0.130. The van der Waals surface area contributed by atoms with Crippen molar-refractivity contribution < 1.29 is 15.3 Å². The van der Waals surface area contributed by atoms with Gasteiger partial charge >= 0.3 is 0 Å². The minimum absolute atomic E-state index is 0.457. The molecular weight excluding hydrogens is 326 g/mol. The summed E-state index contributed by atoms with van der Waals surface area (Å²) in [7, 11) is 0. The number of hydrogen-bond donors (Lipinski definition) is 4. The largest absolute Gasteiger partial charge is 0.391 e. The topological polar surface area (TPSA) is 72.7 Å². The van der Waals surface area contributed by atoms with E-state index in [1.807, 2.05) is 0 Å². The standard InChI is InChI=1S/C19H40ClNO3/c1-3-5-8-12-16(22)19(17(23)13-9-6-4-2)21-18(24)14-10-7-11-15-20/h16-19,21-24H,3-15H2,1-2H3. The molecular formula is C19H40ClNO3. The van der Waals surface area contributed by atoms with Crippen LogP contribution in [0.4, 0.5) is 0 Å². The predicted octanol–water partition coefficient (Wildman–Crippen LogP) is 3.94. The molecule has 3 atom stereocenters. The Labute approximate surface area is 154 Å². The molecule has 0 aromatic heterocycles. The number of rotatable bonds is 17. The lowest BCUT2D eigenvalue weighted by Crippen LogP contribution is -2.52. The highest BCUT2D eigenvalue weighted by Gasteiger charge is 2.27. The molecule has 4 nitrogen and oxygen atoms in total. The first-order valence-corrected chi connectivity index (χ1v) is 10.5. The SMILES string of the molecule is CCCCCC(O)C(NC(O)CCCCCCl)C(O)CCCCC. The molecule has 0 aliphatic heterocycles. The normalized spacial score (nSPS) is 16.8. The molecule has 0 bridgehead atoms. The first-order chi connectivity index (χ1) is 11.6. The summed E-state index contributed by atoms with van der Waals surface area (Å²) in [6, 6.07) is -0.457. The summed E-state index contributed by atoms with van der Waals surface area (Å²) in [4.78, 5) is 0. The minimum Gasteiger partial charge on any atom is -0.391 e. The molecule has 0 aromatic rings. The van der Waals surface area contributed by atoms with Gasteiger partial charge in [-0.2, -0.15) is 0 Å². The van der Waals surface area contributed by atoms with Crippen LogP contribution in [0.2, 0.25) is 0 Å². The molecule has 4 N–H and O–H groups in total. The summed E-state index contributed by atoms with van der Waals surface area (Å²) in [5.74, 6) is 0.651. The number of unbranched alkanes of at least 4 members (excludes halogenated alkanes) is 6. The second-order valence-corrected chi connectivity index (χ2v) is 7.25. The van der Waals surface area contributed by atoms with Crippen molar-refractivity contribution in [3.63, 3.8) is 0 Å². The van der Waals surface area contributed by atoms with Gasteiger partial charge in [-0.25, -0.2) is 0 Å². The van der Waals surface area contributed by atoms with Crippen molar-refractivity contribution in [3.05, 3.63) is 0 Å². The number of aliphatic hydroxyl groups excluding tert-OH is 3. The summed E-state index contributed by atoms with van der Waals surface area (Å²) in [5.41, 5.74) is 0. The van der Waals surface area contributed by atoms with E-state index in [2.05, 4.69) is 19.2 Å². The van der Waals surface area contributed by atoms with Gasteiger partial charge in [-0.1, -0.05) is 58.8 Å². The van der Waals surface area contributed by atoms with Crippen LogP contribution in [-0.2, 0) is 0 Å². The van der Waals surface area contributed by atoms with E-state index in [-0.39, 0.29) is 0 Å². The molecule has 146 valence electrons. The van der Waals surface area contributed by atoms with E-state index in [0.29, 0.717) is 25.1 Å². The lowest BCUT2D eigenvalue weighted by molar-refractivity contribution is -0.00731. The summed E-state index contributed by atoms with van der Waals surface area (Å²) in [6.45, 7) is 4.26. The third kappa shape index (κ3) is 12.5. The number of hydrogen-bond acceptors (Lipinski definition) is 4. The van der Waals surface area contributed by atoms with Crippen molar-refractivity contribution in [2.45, 2.75) is 115 Å². The summed E-state index contributed by atoms with van der Waals surface area (Å²) in [5, 5.41) is 34.2. The Morgan fingerprint density at radius 2 is 1.21 bits per heavy atom. The fourth-order valence-corrected chi connectivity index (χ4v) is 3.15. The van der Waals surface area contributed by atoms with Crippen LogP contribution in [0.5, 0.6) is 0 Å². The van der Waals surface area contributed by atoms with Crippen molar-refractivity contribution >= 4 is 11.6 Å². The van der Waals surface area contributed by atoms with E-state index < -0.39 is 24.5 Å². The predicted molar refractivity (Wildman–Crippen MR) is 102 cm³/mol. The van der Waals surface area contributed by atoms with Crippen LogP contribution >= 0.6 is 11.6 Å². The molecule has 0 aromatic carbocycles. The van der Waals surface area contributed by atoms with Gasteiger partial charge in [0.2, 0.25) is 0 Å². The molecule has 0 saturated heterocycles. The van der Waals surface area contributed by atoms with Gasteiger partial charge in [0, 0.05) is 5.88 Å². The summed E-state index contributed by atoms with van der Waals surface area (Å²) >= 11 is 5.66. The van der Waals surface area contributed by atoms with Gasteiger partial charge < -0.3 is 15.3 Å². The first kappa shape index (κ1) is 24.1. The van der Waals surface area contributed by atoms with Crippen molar-refractivity contribution in [2.75, 3.05) is 5.88 Å². The maximum absolute atomic E-state index is 10.5. The first-order valence-electron chi connectivity index (χ1n) is 9.92. The molecule has 0 aliphatic rings. The Morgan fingerprint density at radius 1 is 0.708 bits per heavy atom. The zero-order chi connectivity index (χ0) is 18.2. The second kappa shape index (κ2) is 16.6. The van der Waals surface area contributed by atoms with Gasteiger partial charge in [0.15, 0.2) is 0 Å². The Morgan fingerprint density at radius 3 is 1.67 bits per heavy atom. The molecule has 0 rings (SSSR count).